The molecule has 212 valence electrons. The van der Waals surface area contributed by atoms with Crippen molar-refractivity contribution in [1.29, 1.82) is 0 Å². The van der Waals surface area contributed by atoms with Crippen molar-refractivity contribution in [2.75, 3.05) is 30.4 Å². The monoisotopic (exact) mass is 593 g/mol. The molecule has 3 aromatic rings. The molecule has 0 unspecified atom stereocenters. The van der Waals surface area contributed by atoms with Gasteiger partial charge in [-0.1, -0.05) is 35.9 Å². The summed E-state index contributed by atoms with van der Waals surface area (Å²) in [6.45, 7) is 5.23. The second kappa shape index (κ2) is 13.4. The van der Waals surface area contributed by atoms with E-state index in [4.69, 9.17) is 21.1 Å². The third-order valence-electron chi connectivity index (χ3n) is 6.00. The summed E-state index contributed by atoms with van der Waals surface area (Å²) in [6.07, 6.45) is 1.49. The Bertz CT molecular complexity index is 1530. The van der Waals surface area contributed by atoms with Crippen molar-refractivity contribution in [1.82, 2.24) is 4.90 Å². The summed E-state index contributed by atoms with van der Waals surface area (Å²) in [5.74, 6) is -1.02. The number of thioether (sulfide) groups is 1. The van der Waals surface area contributed by atoms with Crippen molar-refractivity contribution in [3.8, 4) is 11.5 Å². The molecule has 0 radical (unpaired) electrons. The van der Waals surface area contributed by atoms with Gasteiger partial charge in [0, 0.05) is 11.4 Å². The summed E-state index contributed by atoms with van der Waals surface area (Å²) in [5, 5.41) is 5.04. The van der Waals surface area contributed by atoms with E-state index in [1.807, 2.05) is 32.0 Å². The number of aryl methyl sites for hydroxylation is 2. The lowest BCUT2D eigenvalue weighted by Crippen LogP contribution is -2.36. The molecule has 9 nitrogen and oxygen atoms in total. The van der Waals surface area contributed by atoms with Crippen molar-refractivity contribution in [2.24, 2.45) is 0 Å². The molecule has 1 aliphatic rings. The number of rotatable bonds is 10. The number of nitrogens with zero attached hydrogens (tertiary/aromatic N) is 1. The van der Waals surface area contributed by atoms with Crippen molar-refractivity contribution in [3.63, 3.8) is 0 Å². The summed E-state index contributed by atoms with van der Waals surface area (Å²) in [4.78, 5) is 51.5. The topological polar surface area (TPSA) is 114 Å². The minimum Gasteiger partial charge on any atom is -0.490 e. The Morgan fingerprint density at radius 2 is 1.66 bits per heavy atom. The Hall–Kier alpha value is -4.28. The van der Waals surface area contributed by atoms with Crippen LogP contribution in [0.15, 0.2) is 65.6 Å². The quantitative estimate of drug-likeness (QED) is 0.275. The van der Waals surface area contributed by atoms with Gasteiger partial charge in [0.15, 0.2) is 18.1 Å². The number of imide groups is 1. The van der Waals surface area contributed by atoms with Gasteiger partial charge in [0.25, 0.3) is 17.1 Å². The largest absolute Gasteiger partial charge is 0.490 e. The molecule has 4 rings (SSSR count). The molecule has 1 saturated heterocycles. The van der Waals surface area contributed by atoms with E-state index >= 15 is 0 Å². The zero-order valence-electron chi connectivity index (χ0n) is 22.7. The molecule has 41 heavy (non-hydrogen) atoms. The lowest BCUT2D eigenvalue weighted by atomic mass is 10.1. The fourth-order valence-electron chi connectivity index (χ4n) is 3.88. The number of hydrogen-bond acceptors (Lipinski definition) is 7. The van der Waals surface area contributed by atoms with Crippen LogP contribution in [0.5, 0.6) is 11.5 Å². The van der Waals surface area contributed by atoms with Crippen LogP contribution in [-0.4, -0.2) is 47.6 Å². The van der Waals surface area contributed by atoms with Crippen LogP contribution in [0, 0.1) is 13.8 Å². The molecule has 4 amide bonds. The van der Waals surface area contributed by atoms with Gasteiger partial charge in [-0.15, -0.1) is 0 Å². The van der Waals surface area contributed by atoms with E-state index in [1.165, 1.54) is 12.1 Å². The molecular weight excluding hydrogens is 566 g/mol. The predicted molar refractivity (Wildman–Crippen MR) is 160 cm³/mol. The number of nitrogens with one attached hydrogen (secondary N) is 2. The van der Waals surface area contributed by atoms with Gasteiger partial charge in [-0.25, -0.2) is 0 Å². The first kappa shape index (κ1) is 29.7. The second-order valence-electron chi connectivity index (χ2n) is 9.08. The zero-order chi connectivity index (χ0) is 29.5. The number of carbonyl (C=O) groups excluding carboxylic acids is 4. The summed E-state index contributed by atoms with van der Waals surface area (Å²) < 4.78 is 11.3. The summed E-state index contributed by atoms with van der Waals surface area (Å²) in [5.41, 5.74) is 3.78. The summed E-state index contributed by atoms with van der Waals surface area (Å²) >= 11 is 7.20. The first-order chi connectivity index (χ1) is 19.6. The van der Waals surface area contributed by atoms with Gasteiger partial charge in [-0.3, -0.25) is 24.1 Å². The summed E-state index contributed by atoms with van der Waals surface area (Å²) in [6, 6.07) is 17.5. The Balaban J connectivity index is 1.44. The van der Waals surface area contributed by atoms with Crippen molar-refractivity contribution < 1.29 is 28.7 Å². The van der Waals surface area contributed by atoms with Crippen molar-refractivity contribution in [2.45, 2.75) is 20.8 Å². The number of ether oxygens (including phenoxy) is 2. The zero-order valence-corrected chi connectivity index (χ0v) is 24.2. The van der Waals surface area contributed by atoms with E-state index in [1.54, 1.807) is 43.3 Å². The van der Waals surface area contributed by atoms with Gasteiger partial charge in [0.2, 0.25) is 5.91 Å². The Labute approximate surface area is 246 Å². The number of carbonyl (C=O) groups is 4. The maximum absolute atomic E-state index is 13.0. The highest BCUT2D eigenvalue weighted by Gasteiger charge is 2.36. The molecule has 1 aliphatic heterocycles. The number of halogens is 1. The van der Waals surface area contributed by atoms with Crippen molar-refractivity contribution >= 4 is 63.8 Å². The standard InChI is InChI=1S/C30H28ClN3O6S/c1-4-39-24-14-20(13-23(31)28(24)40-17-27(36)32-21-8-6-5-7-9-21)15-25-29(37)34(30(38)41-25)16-26(35)33-22-11-10-18(2)19(3)12-22/h5-15H,4,16-17H2,1-3H3,(H,32,36)(H,33,35)/b25-15+. The third-order valence-corrected chi connectivity index (χ3v) is 7.19. The highest BCUT2D eigenvalue weighted by molar-refractivity contribution is 8.18. The lowest BCUT2D eigenvalue weighted by molar-refractivity contribution is -0.127. The highest BCUT2D eigenvalue weighted by atomic mass is 35.5. The second-order valence-corrected chi connectivity index (χ2v) is 10.5. The number of amides is 4. The van der Waals surface area contributed by atoms with Crippen LogP contribution >= 0.6 is 23.4 Å². The Morgan fingerprint density at radius 3 is 2.37 bits per heavy atom. The molecule has 1 heterocycles. The van der Waals surface area contributed by atoms with Crippen LogP contribution in [0.25, 0.3) is 6.08 Å². The van der Waals surface area contributed by atoms with E-state index < -0.39 is 23.6 Å². The minimum absolute atomic E-state index is 0.128. The Morgan fingerprint density at radius 1 is 0.927 bits per heavy atom. The van der Waals surface area contributed by atoms with E-state index in [-0.39, 0.29) is 33.9 Å². The molecule has 0 spiro atoms. The molecule has 2 N–H and O–H groups in total. The number of benzene rings is 3. The normalized spacial score (nSPS) is 13.9. The van der Waals surface area contributed by atoms with Crippen LogP contribution < -0.4 is 20.1 Å². The maximum atomic E-state index is 13.0. The van der Waals surface area contributed by atoms with Crippen molar-refractivity contribution in [3.05, 3.63) is 87.3 Å². The van der Waals surface area contributed by atoms with E-state index in [2.05, 4.69) is 10.6 Å². The van der Waals surface area contributed by atoms with Gasteiger partial charge in [0.05, 0.1) is 16.5 Å². The average molecular weight is 594 g/mol. The molecule has 0 atom stereocenters. The Kier molecular flexibility index (Phi) is 9.69. The fourth-order valence-corrected chi connectivity index (χ4v) is 4.99. The van der Waals surface area contributed by atoms with Gasteiger partial charge in [0.1, 0.15) is 6.54 Å². The van der Waals surface area contributed by atoms with Gasteiger partial charge in [-0.2, -0.15) is 0 Å². The maximum Gasteiger partial charge on any atom is 0.294 e. The predicted octanol–water partition coefficient (Wildman–Crippen LogP) is 6.05. The van der Waals surface area contributed by atoms with Gasteiger partial charge >= 0.3 is 0 Å². The molecule has 0 aromatic heterocycles. The minimum atomic E-state index is -0.595. The highest BCUT2D eigenvalue weighted by Crippen LogP contribution is 2.39. The van der Waals surface area contributed by atoms with Crippen LogP contribution in [0.3, 0.4) is 0 Å². The molecule has 0 bridgehead atoms. The van der Waals surface area contributed by atoms with Crippen LogP contribution in [0.2, 0.25) is 5.02 Å². The molecule has 3 aromatic carbocycles. The van der Waals surface area contributed by atoms with Crippen LogP contribution in [0.1, 0.15) is 23.6 Å². The smallest absolute Gasteiger partial charge is 0.294 e. The number of hydrogen-bond donors (Lipinski definition) is 2. The first-order valence-corrected chi connectivity index (χ1v) is 13.9. The first-order valence-electron chi connectivity index (χ1n) is 12.7. The third kappa shape index (κ3) is 7.68. The van der Waals surface area contributed by atoms with Gasteiger partial charge < -0.3 is 20.1 Å². The summed E-state index contributed by atoms with van der Waals surface area (Å²) in [7, 11) is 0. The SMILES string of the molecule is CCOc1cc(/C=C2/SC(=O)N(CC(=O)Nc3ccc(C)c(C)c3)C2=O)cc(Cl)c1OCC(=O)Nc1ccccc1. The van der Waals surface area contributed by atoms with Gasteiger partial charge in [-0.05, 0) is 91.7 Å². The molecule has 1 fully saturated rings. The molecule has 0 saturated carbocycles. The van der Waals surface area contributed by atoms with Crippen LogP contribution in [0.4, 0.5) is 16.2 Å². The van der Waals surface area contributed by atoms with E-state index in [9.17, 15) is 19.2 Å². The number of anilines is 2. The molecule has 0 aliphatic carbocycles. The van der Waals surface area contributed by atoms with Crippen LogP contribution in [-0.2, 0) is 14.4 Å². The number of para-hydroxylation sites is 1. The molecular formula is C30H28ClN3O6S. The van der Waals surface area contributed by atoms with E-state index in [0.29, 0.717) is 23.5 Å². The fraction of sp³-hybridized carbons (Fsp3) is 0.200. The molecule has 11 heteroatoms. The average Bonchev–Trinajstić information content (AvgIpc) is 3.18. The van der Waals surface area contributed by atoms with E-state index in [0.717, 1.165) is 27.8 Å². The lowest BCUT2D eigenvalue weighted by Gasteiger charge is -2.15.